The molecule has 62 valence electrons. The van der Waals surface area contributed by atoms with Crippen LogP contribution in [0.3, 0.4) is 0 Å². The number of fused-ring (bicyclic) bond motifs is 1. The van der Waals surface area contributed by atoms with Gasteiger partial charge in [-0.05, 0) is 13.0 Å². The number of thiazole rings is 1. The second-order valence-corrected chi connectivity index (χ2v) is 3.72. The van der Waals surface area contributed by atoms with Crippen molar-refractivity contribution in [2.24, 2.45) is 0 Å². The lowest BCUT2D eigenvalue weighted by Crippen LogP contribution is -2.22. The van der Waals surface area contributed by atoms with Crippen LogP contribution in [0.2, 0.25) is 0 Å². The van der Waals surface area contributed by atoms with Crippen molar-refractivity contribution in [3.8, 4) is 0 Å². The largest absolute Gasteiger partial charge is 0.344 e. The molecule has 0 amide bonds. The number of H-pyrrole nitrogens is 1. The zero-order valence-electron chi connectivity index (χ0n) is 7.22. The predicted molar refractivity (Wildman–Crippen MR) is 51.4 cm³/mol. The summed E-state index contributed by atoms with van der Waals surface area (Å²) < 4.78 is 2.19. The molecule has 2 aromatic rings. The predicted octanol–water partition coefficient (Wildman–Crippen LogP) is 2.07. The molecule has 0 radical (unpaired) electrons. The van der Waals surface area contributed by atoms with Crippen molar-refractivity contribution in [2.75, 3.05) is 0 Å². The molecule has 0 unspecified atom stereocenters. The summed E-state index contributed by atoms with van der Waals surface area (Å²) in [5.74, 6) is 0. The standard InChI is InChI=1S/C9H10N2S/c1-4-8-7(3)10-9-11(8)6(2)5-12-9/h4-5H,1H2,2-3H3/p+1. The van der Waals surface area contributed by atoms with Crippen molar-refractivity contribution in [2.45, 2.75) is 13.8 Å². The Hall–Kier alpha value is -1.09. The first kappa shape index (κ1) is 7.55. The van der Waals surface area contributed by atoms with Crippen molar-refractivity contribution in [3.63, 3.8) is 0 Å². The highest BCUT2D eigenvalue weighted by Crippen LogP contribution is 2.12. The molecule has 0 spiro atoms. The van der Waals surface area contributed by atoms with Crippen LogP contribution in [0.4, 0.5) is 0 Å². The van der Waals surface area contributed by atoms with E-state index in [0.717, 1.165) is 0 Å². The second-order valence-electron chi connectivity index (χ2n) is 2.86. The lowest BCUT2D eigenvalue weighted by Gasteiger charge is -1.85. The Balaban J connectivity index is 2.93. The van der Waals surface area contributed by atoms with Gasteiger partial charge >= 0.3 is 4.96 Å². The van der Waals surface area contributed by atoms with Crippen molar-refractivity contribution < 1.29 is 4.40 Å². The Labute approximate surface area is 75.2 Å². The smallest absolute Gasteiger partial charge is 0.231 e. The van der Waals surface area contributed by atoms with Gasteiger partial charge in [-0.2, -0.15) is 4.40 Å². The molecule has 0 fully saturated rings. The van der Waals surface area contributed by atoms with E-state index in [-0.39, 0.29) is 0 Å². The van der Waals surface area contributed by atoms with Gasteiger partial charge in [-0.1, -0.05) is 17.9 Å². The molecular weight excluding hydrogens is 168 g/mol. The number of nitrogens with one attached hydrogen (secondary N) is 1. The summed E-state index contributed by atoms with van der Waals surface area (Å²) >= 11 is 1.72. The molecule has 2 rings (SSSR count). The zero-order chi connectivity index (χ0) is 8.72. The maximum absolute atomic E-state index is 3.80. The van der Waals surface area contributed by atoms with Gasteiger partial charge in [0.2, 0.25) is 0 Å². The number of aromatic nitrogens is 2. The maximum atomic E-state index is 3.80. The number of nitrogens with zero attached hydrogens (tertiary/aromatic N) is 1. The lowest BCUT2D eigenvalue weighted by atomic mass is 10.3. The van der Waals surface area contributed by atoms with Crippen molar-refractivity contribution in [3.05, 3.63) is 29.0 Å². The maximum Gasteiger partial charge on any atom is 0.344 e. The summed E-state index contributed by atoms with van der Waals surface area (Å²) in [6.07, 6.45) is 1.89. The van der Waals surface area contributed by atoms with Gasteiger partial charge in [-0.3, -0.25) is 0 Å². The molecule has 3 heteroatoms. The number of rotatable bonds is 1. The normalized spacial score (nSPS) is 10.8. The SMILES string of the molecule is C=Cc1c(C)[nH]c2scc(C)[n+]12. The van der Waals surface area contributed by atoms with E-state index in [4.69, 9.17) is 0 Å². The Bertz CT molecular complexity index is 436. The van der Waals surface area contributed by atoms with E-state index in [9.17, 15) is 0 Å². The molecular formula is C9H11N2S+. The van der Waals surface area contributed by atoms with Crippen LogP contribution in [-0.4, -0.2) is 4.98 Å². The number of aryl methyl sites for hydroxylation is 2. The van der Waals surface area contributed by atoms with Gasteiger partial charge < -0.3 is 0 Å². The molecule has 0 aliphatic rings. The molecule has 0 aliphatic carbocycles. The van der Waals surface area contributed by atoms with Crippen LogP contribution in [0, 0.1) is 13.8 Å². The summed E-state index contributed by atoms with van der Waals surface area (Å²) in [4.78, 5) is 4.49. The molecule has 0 saturated heterocycles. The number of hydrogen-bond donors (Lipinski definition) is 1. The van der Waals surface area contributed by atoms with Gasteiger partial charge in [0.05, 0.1) is 0 Å². The molecule has 0 saturated carbocycles. The van der Waals surface area contributed by atoms with Gasteiger partial charge in [0.15, 0.2) is 5.69 Å². The average molecular weight is 179 g/mol. The fraction of sp³-hybridized carbons (Fsp3) is 0.222. The average Bonchev–Trinajstić information content (AvgIpc) is 2.52. The van der Waals surface area contributed by atoms with Crippen LogP contribution >= 0.6 is 11.3 Å². The van der Waals surface area contributed by atoms with E-state index in [1.165, 1.54) is 22.0 Å². The minimum absolute atomic E-state index is 1.17. The summed E-state index contributed by atoms with van der Waals surface area (Å²) in [5.41, 5.74) is 3.61. The van der Waals surface area contributed by atoms with E-state index in [0.29, 0.717) is 0 Å². The Morgan fingerprint density at radius 2 is 2.33 bits per heavy atom. The van der Waals surface area contributed by atoms with Gasteiger partial charge in [-0.15, -0.1) is 0 Å². The van der Waals surface area contributed by atoms with E-state index >= 15 is 0 Å². The lowest BCUT2D eigenvalue weighted by molar-refractivity contribution is -0.515. The first-order chi connectivity index (χ1) is 5.74. The van der Waals surface area contributed by atoms with E-state index < -0.39 is 0 Å². The number of hydrogen-bond acceptors (Lipinski definition) is 1. The first-order valence-electron chi connectivity index (χ1n) is 3.85. The van der Waals surface area contributed by atoms with E-state index in [1.54, 1.807) is 11.3 Å². The third kappa shape index (κ3) is 0.830. The van der Waals surface area contributed by atoms with Crippen LogP contribution in [-0.2, 0) is 0 Å². The molecule has 0 aliphatic heterocycles. The van der Waals surface area contributed by atoms with Gasteiger partial charge in [0, 0.05) is 12.3 Å². The van der Waals surface area contributed by atoms with E-state index in [1.807, 2.05) is 6.08 Å². The van der Waals surface area contributed by atoms with Crippen LogP contribution in [0.15, 0.2) is 12.0 Å². The Kier molecular flexibility index (Phi) is 1.54. The monoisotopic (exact) mass is 179 g/mol. The molecule has 1 N–H and O–H groups in total. The summed E-state index contributed by atoms with van der Waals surface area (Å²) in [5, 5.41) is 2.14. The van der Waals surface area contributed by atoms with E-state index in [2.05, 4.69) is 35.2 Å². The fourth-order valence-electron chi connectivity index (χ4n) is 1.43. The number of imidazole rings is 1. The summed E-state index contributed by atoms with van der Waals surface area (Å²) in [7, 11) is 0. The minimum atomic E-state index is 1.17. The highest BCUT2D eigenvalue weighted by molar-refractivity contribution is 7.14. The molecule has 0 bridgehead atoms. The molecule has 2 aromatic heterocycles. The van der Waals surface area contributed by atoms with Crippen molar-refractivity contribution >= 4 is 22.4 Å². The highest BCUT2D eigenvalue weighted by atomic mass is 32.1. The zero-order valence-corrected chi connectivity index (χ0v) is 8.03. The Morgan fingerprint density at radius 1 is 1.58 bits per heavy atom. The topological polar surface area (TPSA) is 19.9 Å². The molecule has 2 heterocycles. The summed E-state index contributed by atoms with van der Waals surface area (Å²) in [6, 6.07) is 0. The fourth-order valence-corrected chi connectivity index (χ4v) is 2.38. The van der Waals surface area contributed by atoms with Gasteiger partial charge in [0.25, 0.3) is 0 Å². The van der Waals surface area contributed by atoms with Crippen LogP contribution in [0.1, 0.15) is 17.1 Å². The molecule has 0 atom stereocenters. The minimum Gasteiger partial charge on any atom is -0.231 e. The van der Waals surface area contributed by atoms with Crippen molar-refractivity contribution in [1.82, 2.24) is 4.98 Å². The summed E-state index contributed by atoms with van der Waals surface area (Å²) in [6.45, 7) is 7.97. The first-order valence-corrected chi connectivity index (χ1v) is 4.73. The third-order valence-corrected chi connectivity index (χ3v) is 2.98. The van der Waals surface area contributed by atoms with Gasteiger partial charge in [0.1, 0.15) is 11.4 Å². The van der Waals surface area contributed by atoms with Gasteiger partial charge in [-0.25, -0.2) is 4.98 Å². The van der Waals surface area contributed by atoms with Crippen LogP contribution in [0.5, 0.6) is 0 Å². The quantitative estimate of drug-likeness (QED) is 0.647. The highest BCUT2D eigenvalue weighted by Gasteiger charge is 2.16. The molecule has 12 heavy (non-hydrogen) atoms. The Morgan fingerprint density at radius 3 is 3.00 bits per heavy atom. The van der Waals surface area contributed by atoms with Crippen molar-refractivity contribution in [1.29, 1.82) is 0 Å². The second kappa shape index (κ2) is 2.45. The van der Waals surface area contributed by atoms with Crippen LogP contribution in [0.25, 0.3) is 11.0 Å². The molecule has 2 nitrogen and oxygen atoms in total. The number of aromatic amines is 1. The third-order valence-electron chi connectivity index (χ3n) is 2.01. The molecule has 0 aromatic carbocycles. The van der Waals surface area contributed by atoms with Crippen LogP contribution < -0.4 is 4.40 Å².